The SMILES string of the molecule is CC1(C(=O)NNC(=O)c2cccnc2NC2CCCCC2)CCNC1=O. The van der Waals surface area contributed by atoms with Crippen molar-refractivity contribution < 1.29 is 14.4 Å². The van der Waals surface area contributed by atoms with Gasteiger partial charge in [0.05, 0.1) is 5.56 Å². The highest BCUT2D eigenvalue weighted by atomic mass is 16.2. The van der Waals surface area contributed by atoms with Crippen LogP contribution in [-0.2, 0) is 9.59 Å². The fourth-order valence-electron chi connectivity index (χ4n) is 3.41. The molecule has 0 bridgehead atoms. The van der Waals surface area contributed by atoms with E-state index in [0.717, 1.165) is 12.8 Å². The Hall–Kier alpha value is -2.64. The van der Waals surface area contributed by atoms with Gasteiger partial charge in [-0.25, -0.2) is 4.98 Å². The Morgan fingerprint density at radius 1 is 1.23 bits per heavy atom. The Labute approximate surface area is 152 Å². The van der Waals surface area contributed by atoms with Gasteiger partial charge >= 0.3 is 0 Å². The first-order valence-corrected chi connectivity index (χ1v) is 9.11. The van der Waals surface area contributed by atoms with E-state index in [1.165, 1.54) is 19.3 Å². The summed E-state index contributed by atoms with van der Waals surface area (Å²) in [6.07, 6.45) is 7.72. The predicted molar refractivity (Wildman–Crippen MR) is 96.1 cm³/mol. The Kier molecular flexibility index (Phi) is 5.39. The van der Waals surface area contributed by atoms with Gasteiger partial charge in [0.1, 0.15) is 11.2 Å². The number of carbonyl (C=O) groups excluding carboxylic acids is 3. The number of amides is 3. The quantitative estimate of drug-likeness (QED) is 0.475. The molecule has 2 heterocycles. The fourth-order valence-corrected chi connectivity index (χ4v) is 3.41. The highest BCUT2D eigenvalue weighted by Gasteiger charge is 2.44. The normalized spacial score (nSPS) is 23.2. The van der Waals surface area contributed by atoms with Crippen molar-refractivity contribution in [2.24, 2.45) is 5.41 Å². The lowest BCUT2D eigenvalue weighted by molar-refractivity contribution is -0.140. The molecule has 1 saturated carbocycles. The molecule has 3 amide bonds. The standard InChI is InChI=1S/C18H25N5O3/c1-18(9-11-20-16(18)25)17(26)23-22-15(24)13-8-5-10-19-14(13)21-12-6-3-2-4-7-12/h5,8,10,12H,2-4,6-7,9,11H2,1H3,(H,19,21)(H,20,25)(H,22,24)(H,23,26). The smallest absolute Gasteiger partial charge is 0.273 e. The number of nitrogens with zero attached hydrogens (tertiary/aromatic N) is 1. The minimum atomic E-state index is -1.16. The lowest BCUT2D eigenvalue weighted by Crippen LogP contribution is -2.51. The maximum absolute atomic E-state index is 12.5. The first kappa shape index (κ1) is 18.2. The van der Waals surface area contributed by atoms with Gasteiger partial charge in [-0.1, -0.05) is 19.3 Å². The third kappa shape index (κ3) is 3.79. The number of hydrogen-bond donors (Lipinski definition) is 4. The fraction of sp³-hybridized carbons (Fsp3) is 0.556. The van der Waals surface area contributed by atoms with Crippen molar-refractivity contribution in [2.45, 2.75) is 51.5 Å². The summed E-state index contributed by atoms with van der Waals surface area (Å²) in [4.78, 5) is 40.9. The minimum absolute atomic E-state index is 0.306. The number of hydrogen-bond acceptors (Lipinski definition) is 5. The molecule has 0 aromatic carbocycles. The molecular formula is C18H25N5O3. The molecule has 8 nitrogen and oxygen atoms in total. The van der Waals surface area contributed by atoms with E-state index >= 15 is 0 Å². The highest BCUT2D eigenvalue weighted by Crippen LogP contribution is 2.26. The van der Waals surface area contributed by atoms with E-state index in [0.29, 0.717) is 30.4 Å². The van der Waals surface area contributed by atoms with Crippen LogP contribution in [0.1, 0.15) is 55.8 Å². The third-order valence-electron chi connectivity index (χ3n) is 5.20. The Morgan fingerprint density at radius 2 is 2.00 bits per heavy atom. The lowest BCUT2D eigenvalue weighted by atomic mass is 9.88. The molecule has 3 rings (SSSR count). The Balaban J connectivity index is 1.62. The van der Waals surface area contributed by atoms with Crippen molar-refractivity contribution in [3.05, 3.63) is 23.9 Å². The van der Waals surface area contributed by atoms with Crippen molar-refractivity contribution in [1.29, 1.82) is 0 Å². The molecule has 2 fully saturated rings. The van der Waals surface area contributed by atoms with Gasteiger partial charge in [-0.15, -0.1) is 0 Å². The highest BCUT2D eigenvalue weighted by molar-refractivity contribution is 6.07. The average molecular weight is 359 g/mol. The van der Waals surface area contributed by atoms with Gasteiger partial charge < -0.3 is 10.6 Å². The zero-order valence-corrected chi connectivity index (χ0v) is 14.9. The maximum atomic E-state index is 12.5. The number of nitrogens with one attached hydrogen (secondary N) is 4. The summed E-state index contributed by atoms with van der Waals surface area (Å²) in [5, 5.41) is 5.97. The van der Waals surface area contributed by atoms with Crippen LogP contribution in [0.15, 0.2) is 18.3 Å². The number of carbonyl (C=O) groups is 3. The monoisotopic (exact) mass is 359 g/mol. The molecule has 1 aliphatic carbocycles. The molecular weight excluding hydrogens is 334 g/mol. The van der Waals surface area contributed by atoms with E-state index < -0.39 is 17.2 Å². The van der Waals surface area contributed by atoms with Crippen LogP contribution in [0, 0.1) is 5.41 Å². The summed E-state index contributed by atoms with van der Waals surface area (Å²) in [6.45, 7) is 2.02. The first-order valence-electron chi connectivity index (χ1n) is 9.11. The molecule has 1 unspecified atom stereocenters. The zero-order chi connectivity index (χ0) is 18.6. The van der Waals surface area contributed by atoms with Crippen molar-refractivity contribution in [1.82, 2.24) is 21.2 Å². The van der Waals surface area contributed by atoms with Gasteiger partial charge in [0, 0.05) is 18.8 Å². The Bertz CT molecular complexity index is 702. The summed E-state index contributed by atoms with van der Waals surface area (Å²) >= 11 is 0. The second kappa shape index (κ2) is 7.72. The van der Waals surface area contributed by atoms with Crippen LogP contribution in [0.4, 0.5) is 5.82 Å². The lowest BCUT2D eigenvalue weighted by Gasteiger charge is -2.24. The molecule has 1 aliphatic heterocycles. The van der Waals surface area contributed by atoms with Gasteiger partial charge in [-0.05, 0) is 38.3 Å². The summed E-state index contributed by atoms with van der Waals surface area (Å²) in [5.74, 6) is -0.806. The number of rotatable bonds is 4. The van der Waals surface area contributed by atoms with E-state index in [9.17, 15) is 14.4 Å². The van der Waals surface area contributed by atoms with Gasteiger partial charge in [-0.2, -0.15) is 0 Å². The Morgan fingerprint density at radius 3 is 2.69 bits per heavy atom. The number of hydrazine groups is 1. The molecule has 140 valence electrons. The molecule has 0 spiro atoms. The second-order valence-corrected chi connectivity index (χ2v) is 7.13. The molecule has 26 heavy (non-hydrogen) atoms. The number of pyridine rings is 1. The van der Waals surface area contributed by atoms with Crippen LogP contribution in [0.25, 0.3) is 0 Å². The zero-order valence-electron chi connectivity index (χ0n) is 14.9. The van der Waals surface area contributed by atoms with Gasteiger partial charge in [0.25, 0.3) is 11.8 Å². The van der Waals surface area contributed by atoms with Gasteiger partial charge in [0.15, 0.2) is 0 Å². The van der Waals surface area contributed by atoms with Crippen LogP contribution in [0.5, 0.6) is 0 Å². The van der Waals surface area contributed by atoms with Crippen molar-refractivity contribution >= 4 is 23.5 Å². The van der Waals surface area contributed by atoms with E-state index in [1.54, 1.807) is 25.3 Å². The van der Waals surface area contributed by atoms with Crippen molar-refractivity contribution in [3.8, 4) is 0 Å². The van der Waals surface area contributed by atoms with Crippen molar-refractivity contribution in [2.75, 3.05) is 11.9 Å². The molecule has 2 aliphatic rings. The predicted octanol–water partition coefficient (Wildman–Crippen LogP) is 1.11. The first-order chi connectivity index (χ1) is 12.5. The largest absolute Gasteiger partial charge is 0.367 e. The molecule has 4 N–H and O–H groups in total. The number of aromatic nitrogens is 1. The van der Waals surface area contributed by atoms with Gasteiger partial charge in [0.2, 0.25) is 5.91 Å². The summed E-state index contributed by atoms with van der Waals surface area (Å²) in [5.41, 5.74) is 3.97. The second-order valence-electron chi connectivity index (χ2n) is 7.13. The summed E-state index contributed by atoms with van der Waals surface area (Å²) < 4.78 is 0. The molecule has 1 atom stereocenters. The van der Waals surface area contributed by atoms with Crippen LogP contribution in [0.2, 0.25) is 0 Å². The molecule has 1 saturated heterocycles. The maximum Gasteiger partial charge on any atom is 0.273 e. The minimum Gasteiger partial charge on any atom is -0.367 e. The van der Waals surface area contributed by atoms with Crippen molar-refractivity contribution in [3.63, 3.8) is 0 Å². The van der Waals surface area contributed by atoms with Crippen LogP contribution in [0.3, 0.4) is 0 Å². The van der Waals surface area contributed by atoms with Crippen LogP contribution < -0.4 is 21.5 Å². The van der Waals surface area contributed by atoms with Crippen LogP contribution >= 0.6 is 0 Å². The van der Waals surface area contributed by atoms with E-state index in [-0.39, 0.29) is 5.91 Å². The van der Waals surface area contributed by atoms with E-state index in [1.807, 2.05) is 0 Å². The summed E-state index contributed by atoms with van der Waals surface area (Å²) in [6, 6.07) is 3.64. The summed E-state index contributed by atoms with van der Waals surface area (Å²) in [7, 11) is 0. The molecule has 1 aromatic heterocycles. The number of anilines is 1. The van der Waals surface area contributed by atoms with E-state index in [4.69, 9.17) is 0 Å². The molecule has 0 radical (unpaired) electrons. The van der Waals surface area contributed by atoms with Crippen LogP contribution in [-0.4, -0.2) is 35.3 Å². The van der Waals surface area contributed by atoms with Gasteiger partial charge in [-0.3, -0.25) is 25.2 Å². The topological polar surface area (TPSA) is 112 Å². The average Bonchev–Trinajstić information content (AvgIpc) is 3.00. The molecule has 1 aromatic rings. The third-order valence-corrected chi connectivity index (χ3v) is 5.20. The van der Waals surface area contributed by atoms with E-state index in [2.05, 4.69) is 26.5 Å². The molecule has 8 heteroatoms.